The van der Waals surface area contributed by atoms with E-state index in [2.05, 4.69) is 13.8 Å². The Labute approximate surface area is 193 Å². The monoisotopic (exact) mass is 468 g/mol. The maximum atomic E-state index is 12.9. The molecule has 2 unspecified atom stereocenters. The summed E-state index contributed by atoms with van der Waals surface area (Å²) in [6.45, 7) is 7.57. The summed E-state index contributed by atoms with van der Waals surface area (Å²) < 4.78 is 10.6. The van der Waals surface area contributed by atoms with Crippen LogP contribution in [-0.4, -0.2) is 57.9 Å². The van der Waals surface area contributed by atoms with Gasteiger partial charge in [-0.2, -0.15) is 0 Å². The highest BCUT2D eigenvalue weighted by atomic mass is 35.5. The predicted octanol–water partition coefficient (Wildman–Crippen LogP) is 3.06. The number of rotatable bonds is 4. The Morgan fingerprint density at radius 1 is 1.22 bits per heavy atom. The van der Waals surface area contributed by atoms with Gasteiger partial charge in [-0.1, -0.05) is 32.4 Å². The summed E-state index contributed by atoms with van der Waals surface area (Å²) in [5.41, 5.74) is -1.88. The zero-order valence-electron chi connectivity index (χ0n) is 19.2. The molecule has 4 N–H and O–H groups in total. The molecule has 0 spiro atoms. The van der Waals surface area contributed by atoms with Crippen LogP contribution in [0.5, 0.6) is 11.5 Å². The summed E-state index contributed by atoms with van der Waals surface area (Å²) in [6, 6.07) is 1.24. The molecule has 0 radical (unpaired) electrons. The number of aliphatic hydroxyl groups is 3. The van der Waals surface area contributed by atoms with Crippen molar-refractivity contribution in [3.05, 3.63) is 22.2 Å². The number of aliphatic hydroxyl groups excluding tert-OH is 2. The summed E-state index contributed by atoms with van der Waals surface area (Å²) in [7, 11) is 1.40. The van der Waals surface area contributed by atoms with Gasteiger partial charge in [-0.3, -0.25) is 0 Å². The number of methoxy groups -OCH3 is 1. The Hall–Kier alpha value is -1.54. The lowest BCUT2D eigenvalue weighted by Gasteiger charge is -2.68. The van der Waals surface area contributed by atoms with E-state index >= 15 is 0 Å². The minimum atomic E-state index is -1.55. The first kappa shape index (κ1) is 23.6. The molecule has 3 aliphatic carbocycles. The molecule has 3 fully saturated rings. The Morgan fingerprint density at radius 3 is 2.47 bits per heavy atom. The van der Waals surface area contributed by atoms with Crippen LogP contribution in [0.25, 0.3) is 0 Å². The number of hydrogen-bond acceptors (Lipinski definition) is 7. The quantitative estimate of drug-likeness (QED) is 0.502. The number of fused-ring (bicyclic) bond motifs is 3. The van der Waals surface area contributed by atoms with Crippen molar-refractivity contribution < 1.29 is 34.7 Å². The van der Waals surface area contributed by atoms with Gasteiger partial charge in [0.05, 0.1) is 36.9 Å². The first-order valence-electron chi connectivity index (χ1n) is 11.1. The fourth-order valence-electron chi connectivity index (χ4n) is 6.93. The zero-order chi connectivity index (χ0) is 23.8. The lowest BCUT2D eigenvalue weighted by Crippen LogP contribution is -2.78. The number of esters is 1. The molecule has 7 atom stereocenters. The van der Waals surface area contributed by atoms with E-state index in [0.29, 0.717) is 12.0 Å². The molecule has 4 rings (SSSR count). The number of aromatic hydroxyl groups is 1. The average molecular weight is 469 g/mol. The van der Waals surface area contributed by atoms with Crippen molar-refractivity contribution in [2.75, 3.05) is 13.7 Å². The van der Waals surface area contributed by atoms with Crippen LogP contribution >= 0.6 is 11.6 Å². The van der Waals surface area contributed by atoms with Crippen molar-refractivity contribution in [1.82, 2.24) is 0 Å². The van der Waals surface area contributed by atoms with E-state index < -0.39 is 35.1 Å². The molecule has 32 heavy (non-hydrogen) atoms. The van der Waals surface area contributed by atoms with Gasteiger partial charge in [0.25, 0.3) is 0 Å². The van der Waals surface area contributed by atoms with Gasteiger partial charge in [-0.25, -0.2) is 4.79 Å². The van der Waals surface area contributed by atoms with Gasteiger partial charge in [-0.15, -0.1) is 0 Å². The molecular formula is C24H33ClO7. The molecule has 0 amide bonds. The highest BCUT2D eigenvalue weighted by Gasteiger charge is 2.75. The number of benzene rings is 1. The standard InChI is InChI=1S/C24H33ClO7/c1-11-18(15(26)6-16(31-5)19(11)25)21(29)32-10-14-20(28)12-7-22(2,3)8-13(12)23(4)9-17(27)24(14,23)30/h6,12-14,17,20,26-28,30H,7-10H2,1-5H3/t12?,13?,14-,17-,20+,23-,24+/m1/s1. The van der Waals surface area contributed by atoms with Crippen LogP contribution in [0.3, 0.4) is 0 Å². The Bertz CT molecular complexity index is 947. The van der Waals surface area contributed by atoms with Gasteiger partial charge in [0.15, 0.2) is 0 Å². The molecule has 0 aromatic heterocycles. The predicted molar refractivity (Wildman–Crippen MR) is 118 cm³/mol. The Balaban J connectivity index is 1.61. The molecule has 0 bridgehead atoms. The van der Waals surface area contributed by atoms with E-state index in [9.17, 15) is 25.2 Å². The van der Waals surface area contributed by atoms with Gasteiger partial charge in [0.2, 0.25) is 0 Å². The van der Waals surface area contributed by atoms with Crippen molar-refractivity contribution in [1.29, 1.82) is 0 Å². The highest BCUT2D eigenvalue weighted by Crippen LogP contribution is 2.69. The molecule has 0 aliphatic heterocycles. The maximum absolute atomic E-state index is 12.9. The van der Waals surface area contributed by atoms with E-state index in [0.717, 1.165) is 12.8 Å². The van der Waals surface area contributed by atoms with E-state index in [1.807, 2.05) is 6.92 Å². The lowest BCUT2D eigenvalue weighted by atomic mass is 9.40. The number of phenolic OH excluding ortho intramolecular Hbond substituents is 1. The molecule has 0 heterocycles. The third kappa shape index (κ3) is 3.08. The van der Waals surface area contributed by atoms with Gasteiger partial charge >= 0.3 is 5.97 Å². The lowest BCUT2D eigenvalue weighted by molar-refractivity contribution is -0.334. The number of phenols is 1. The molecule has 3 saturated carbocycles. The molecule has 178 valence electrons. The molecule has 7 nitrogen and oxygen atoms in total. The summed E-state index contributed by atoms with van der Waals surface area (Å²) in [6.07, 6.45) is 0.201. The van der Waals surface area contributed by atoms with Crippen LogP contribution in [0.1, 0.15) is 56.0 Å². The molecule has 8 heteroatoms. The number of carbonyl (C=O) groups is 1. The second-order valence-corrected chi connectivity index (χ2v) is 11.3. The summed E-state index contributed by atoms with van der Waals surface area (Å²) in [4.78, 5) is 12.9. The third-order valence-electron chi connectivity index (χ3n) is 8.62. The maximum Gasteiger partial charge on any atom is 0.342 e. The SMILES string of the molecule is COc1cc(O)c(C(=O)OC[C@@H]2[C@@H](O)C3CC(C)(C)CC3[C@@]3(C)C[C@@H](O)[C@@]23O)c(C)c1Cl. The number of ether oxygens (including phenoxy) is 2. The Kier molecular flexibility index (Phi) is 5.52. The van der Waals surface area contributed by atoms with Crippen LogP contribution in [0.4, 0.5) is 0 Å². The van der Waals surface area contributed by atoms with E-state index in [1.54, 1.807) is 6.92 Å². The summed E-state index contributed by atoms with van der Waals surface area (Å²) in [5.74, 6) is -1.71. The van der Waals surface area contributed by atoms with E-state index in [4.69, 9.17) is 21.1 Å². The fourth-order valence-corrected chi connectivity index (χ4v) is 7.16. The van der Waals surface area contributed by atoms with Crippen molar-refractivity contribution in [3.8, 4) is 11.5 Å². The number of halogens is 1. The van der Waals surface area contributed by atoms with Crippen LogP contribution in [0.15, 0.2) is 6.07 Å². The first-order valence-corrected chi connectivity index (χ1v) is 11.5. The molecule has 3 aliphatic rings. The van der Waals surface area contributed by atoms with Crippen LogP contribution in [-0.2, 0) is 4.74 Å². The Morgan fingerprint density at radius 2 is 1.88 bits per heavy atom. The summed E-state index contributed by atoms with van der Waals surface area (Å²) in [5, 5.41) is 44.0. The second-order valence-electron chi connectivity index (χ2n) is 10.9. The third-order valence-corrected chi connectivity index (χ3v) is 9.08. The largest absolute Gasteiger partial charge is 0.507 e. The number of carbonyl (C=O) groups excluding carboxylic acids is 1. The fraction of sp³-hybridized carbons (Fsp3) is 0.708. The van der Waals surface area contributed by atoms with Crippen LogP contribution < -0.4 is 4.74 Å². The topological polar surface area (TPSA) is 116 Å². The van der Waals surface area contributed by atoms with Crippen LogP contribution in [0.2, 0.25) is 5.02 Å². The minimum absolute atomic E-state index is 0.0229. The summed E-state index contributed by atoms with van der Waals surface area (Å²) >= 11 is 6.23. The smallest absolute Gasteiger partial charge is 0.342 e. The van der Waals surface area contributed by atoms with Crippen molar-refractivity contribution in [2.45, 2.75) is 64.8 Å². The van der Waals surface area contributed by atoms with Crippen molar-refractivity contribution >= 4 is 17.6 Å². The number of hydrogen-bond donors (Lipinski definition) is 4. The van der Waals surface area contributed by atoms with Gasteiger partial charge in [0.1, 0.15) is 22.7 Å². The molecule has 1 aromatic rings. The normalized spacial score (nSPS) is 39.6. The van der Waals surface area contributed by atoms with E-state index in [-0.39, 0.29) is 45.9 Å². The van der Waals surface area contributed by atoms with Crippen molar-refractivity contribution in [2.24, 2.45) is 28.6 Å². The van der Waals surface area contributed by atoms with Gasteiger partial charge in [-0.05, 0) is 49.0 Å². The second kappa shape index (κ2) is 7.49. The average Bonchev–Trinajstić information content (AvgIpc) is 3.05. The van der Waals surface area contributed by atoms with Crippen molar-refractivity contribution in [3.63, 3.8) is 0 Å². The van der Waals surface area contributed by atoms with Gasteiger partial charge in [0, 0.05) is 11.5 Å². The molecule has 0 saturated heterocycles. The highest BCUT2D eigenvalue weighted by molar-refractivity contribution is 6.33. The van der Waals surface area contributed by atoms with Crippen LogP contribution in [0, 0.1) is 35.5 Å². The van der Waals surface area contributed by atoms with Gasteiger partial charge < -0.3 is 29.9 Å². The molecule has 1 aromatic carbocycles. The zero-order valence-corrected chi connectivity index (χ0v) is 19.9. The van der Waals surface area contributed by atoms with E-state index in [1.165, 1.54) is 13.2 Å². The minimum Gasteiger partial charge on any atom is -0.507 e. The molecular weight excluding hydrogens is 436 g/mol. The first-order chi connectivity index (χ1) is 14.8.